The van der Waals surface area contributed by atoms with Crippen LogP contribution in [0.25, 0.3) is 0 Å². The Morgan fingerprint density at radius 3 is 2.42 bits per heavy atom. The van der Waals surface area contributed by atoms with Gasteiger partial charge >= 0.3 is 0 Å². The Labute approximate surface area is 186 Å². The van der Waals surface area contributed by atoms with E-state index >= 15 is 0 Å². The maximum Gasteiger partial charge on any atom is 0.280 e. The van der Waals surface area contributed by atoms with Crippen LogP contribution in [0.5, 0.6) is 0 Å². The number of amides is 2. The minimum absolute atomic E-state index is 0.0722. The molecule has 1 saturated carbocycles. The Kier molecular flexibility index (Phi) is 8.72. The van der Waals surface area contributed by atoms with E-state index in [9.17, 15) is 9.59 Å². The van der Waals surface area contributed by atoms with E-state index in [2.05, 4.69) is 17.1 Å². The predicted octanol–water partition coefficient (Wildman–Crippen LogP) is 1.55. The molecule has 2 aliphatic rings. The third-order valence-electron chi connectivity index (χ3n) is 6.72. The topological polar surface area (TPSA) is 66.3 Å². The molecule has 1 aliphatic heterocycles. The van der Waals surface area contributed by atoms with Crippen LogP contribution in [0.4, 0.5) is 11.4 Å². The van der Waals surface area contributed by atoms with Gasteiger partial charge in [-0.2, -0.15) is 0 Å². The second kappa shape index (κ2) is 11.5. The van der Waals surface area contributed by atoms with Gasteiger partial charge in [-0.15, -0.1) is 0 Å². The highest BCUT2D eigenvalue weighted by Crippen LogP contribution is 2.23. The average Bonchev–Trinajstić information content (AvgIpc) is 2.80. The fourth-order valence-corrected chi connectivity index (χ4v) is 4.63. The number of likely N-dealkylation sites (N-methyl/N-ethyl adjacent to an activating group) is 2. The molecule has 7 nitrogen and oxygen atoms in total. The van der Waals surface area contributed by atoms with Gasteiger partial charge in [0.1, 0.15) is 0 Å². The summed E-state index contributed by atoms with van der Waals surface area (Å²) in [5.41, 5.74) is 1.93. The van der Waals surface area contributed by atoms with Gasteiger partial charge in [0.05, 0.1) is 20.3 Å². The molecule has 1 saturated heterocycles. The lowest BCUT2D eigenvalue weighted by molar-refractivity contribution is -0.886. The minimum Gasteiger partial charge on any atom is -0.378 e. The third-order valence-corrected chi connectivity index (χ3v) is 6.72. The maximum atomic E-state index is 13.1. The van der Waals surface area contributed by atoms with Gasteiger partial charge in [-0.3, -0.25) is 9.59 Å². The number of hydrogen-bond donors (Lipinski definition) is 2. The second-order valence-corrected chi connectivity index (χ2v) is 8.86. The zero-order chi connectivity index (χ0) is 22.2. The van der Waals surface area contributed by atoms with Gasteiger partial charge in [-0.1, -0.05) is 19.3 Å². The smallest absolute Gasteiger partial charge is 0.280 e. The number of nitrogens with zero attached hydrogens (tertiary/aromatic N) is 2. The lowest BCUT2D eigenvalue weighted by Crippen LogP contribution is -3.15. The van der Waals surface area contributed by atoms with Crippen LogP contribution in [0.2, 0.25) is 0 Å². The van der Waals surface area contributed by atoms with Gasteiger partial charge in [0.25, 0.3) is 11.8 Å². The molecule has 0 radical (unpaired) electrons. The van der Waals surface area contributed by atoms with Gasteiger partial charge in [0, 0.05) is 37.1 Å². The molecule has 31 heavy (non-hydrogen) atoms. The van der Waals surface area contributed by atoms with Crippen molar-refractivity contribution in [2.45, 2.75) is 58.0 Å². The minimum atomic E-state index is -0.240. The molecule has 2 atom stereocenters. The number of hydrogen-bond acceptors (Lipinski definition) is 4. The van der Waals surface area contributed by atoms with Crippen molar-refractivity contribution in [3.63, 3.8) is 0 Å². The van der Waals surface area contributed by atoms with Crippen molar-refractivity contribution in [3.8, 4) is 0 Å². The number of quaternary nitrogens is 1. The molecule has 2 fully saturated rings. The molecular weight excluding hydrogens is 392 g/mol. The summed E-state index contributed by atoms with van der Waals surface area (Å²) in [5, 5.41) is 2.98. The first-order valence-corrected chi connectivity index (χ1v) is 11.8. The van der Waals surface area contributed by atoms with E-state index in [1.165, 1.54) is 19.3 Å². The maximum absolute atomic E-state index is 13.1. The second-order valence-electron chi connectivity index (χ2n) is 8.86. The highest BCUT2D eigenvalue weighted by molar-refractivity contribution is 5.91. The first kappa shape index (κ1) is 23.5. The zero-order valence-corrected chi connectivity index (χ0v) is 19.4. The van der Waals surface area contributed by atoms with Crippen molar-refractivity contribution in [3.05, 3.63) is 24.3 Å². The molecule has 1 aromatic carbocycles. The Morgan fingerprint density at radius 1 is 1.16 bits per heavy atom. The van der Waals surface area contributed by atoms with Crippen molar-refractivity contribution in [1.29, 1.82) is 0 Å². The quantitative estimate of drug-likeness (QED) is 0.655. The van der Waals surface area contributed by atoms with E-state index in [0.29, 0.717) is 6.04 Å². The number of carbonyl (C=O) groups is 2. The van der Waals surface area contributed by atoms with Gasteiger partial charge in [-0.25, -0.2) is 0 Å². The standard InChI is InChI=1S/C24H38N4O3/c1-4-28(22-8-6-5-7-9-22)24(30)19(2)26(3)18-23(29)25-20-10-12-21(13-11-20)27-14-16-31-17-15-27/h10-13,19,22H,4-9,14-18H2,1-3H3,(H,25,29)/p+1/t19-/m0/s1. The van der Waals surface area contributed by atoms with E-state index < -0.39 is 0 Å². The molecule has 0 spiro atoms. The Balaban J connectivity index is 1.50. The largest absolute Gasteiger partial charge is 0.378 e. The van der Waals surface area contributed by atoms with Gasteiger partial charge in [-0.05, 0) is 51.0 Å². The molecule has 0 aromatic heterocycles. The average molecular weight is 432 g/mol. The lowest BCUT2D eigenvalue weighted by Gasteiger charge is -2.35. The van der Waals surface area contributed by atoms with Crippen LogP contribution in [0.3, 0.4) is 0 Å². The first-order valence-electron chi connectivity index (χ1n) is 11.8. The van der Waals surface area contributed by atoms with Crippen molar-refractivity contribution < 1.29 is 19.2 Å². The third kappa shape index (κ3) is 6.43. The van der Waals surface area contributed by atoms with Gasteiger partial charge < -0.3 is 24.8 Å². The molecular formula is C24H39N4O3+. The number of benzene rings is 1. The molecule has 7 heteroatoms. The van der Waals surface area contributed by atoms with Crippen molar-refractivity contribution >= 4 is 23.2 Å². The van der Waals surface area contributed by atoms with Crippen LogP contribution in [0.15, 0.2) is 24.3 Å². The van der Waals surface area contributed by atoms with E-state index in [0.717, 1.165) is 62.0 Å². The van der Waals surface area contributed by atoms with Gasteiger partial charge in [0.2, 0.25) is 0 Å². The summed E-state index contributed by atoms with van der Waals surface area (Å²) in [6.45, 7) is 8.28. The molecule has 1 unspecified atom stereocenters. The number of ether oxygens (including phenoxy) is 1. The normalized spacial score (nSPS) is 19.5. The van der Waals surface area contributed by atoms with Crippen LogP contribution in [0, 0.1) is 0 Å². The SMILES string of the molecule is CCN(C(=O)[C@H](C)[NH+](C)CC(=O)Nc1ccc(N2CCOCC2)cc1)C1CCCCC1. The Morgan fingerprint density at radius 2 is 1.81 bits per heavy atom. The monoisotopic (exact) mass is 431 g/mol. The Bertz CT molecular complexity index is 712. The number of rotatable bonds is 8. The van der Waals surface area contributed by atoms with Crippen molar-refractivity contribution in [2.24, 2.45) is 0 Å². The highest BCUT2D eigenvalue weighted by Gasteiger charge is 2.32. The van der Waals surface area contributed by atoms with E-state index in [1.54, 1.807) is 0 Å². The molecule has 1 aromatic rings. The van der Waals surface area contributed by atoms with Crippen LogP contribution in [-0.2, 0) is 14.3 Å². The van der Waals surface area contributed by atoms with Crippen LogP contribution >= 0.6 is 0 Å². The van der Waals surface area contributed by atoms with Gasteiger partial charge in [0.15, 0.2) is 12.6 Å². The first-order chi connectivity index (χ1) is 15.0. The molecule has 1 aliphatic carbocycles. The zero-order valence-electron chi connectivity index (χ0n) is 19.4. The van der Waals surface area contributed by atoms with Crippen molar-refractivity contribution in [1.82, 2.24) is 4.90 Å². The van der Waals surface area contributed by atoms with E-state index in [4.69, 9.17) is 4.74 Å². The van der Waals surface area contributed by atoms with E-state index in [1.807, 2.05) is 43.1 Å². The summed E-state index contributed by atoms with van der Waals surface area (Å²) in [6, 6.07) is 8.07. The summed E-state index contributed by atoms with van der Waals surface area (Å²) >= 11 is 0. The number of carbonyl (C=O) groups excluding carboxylic acids is 2. The molecule has 2 N–H and O–H groups in total. The lowest BCUT2D eigenvalue weighted by atomic mass is 9.93. The fraction of sp³-hybridized carbons (Fsp3) is 0.667. The number of morpholine rings is 1. The highest BCUT2D eigenvalue weighted by atomic mass is 16.5. The van der Waals surface area contributed by atoms with Crippen molar-refractivity contribution in [2.75, 3.05) is 56.7 Å². The molecule has 3 rings (SSSR count). The summed E-state index contributed by atoms with van der Waals surface area (Å²) in [5.74, 6) is 0.0894. The molecule has 172 valence electrons. The summed E-state index contributed by atoms with van der Waals surface area (Å²) in [6.07, 6.45) is 5.89. The molecule has 0 bridgehead atoms. The summed E-state index contributed by atoms with van der Waals surface area (Å²) in [7, 11) is 1.93. The Hall–Kier alpha value is -2.12. The van der Waals surface area contributed by atoms with Crippen LogP contribution < -0.4 is 15.1 Å². The summed E-state index contributed by atoms with van der Waals surface area (Å²) in [4.78, 5) is 30.9. The molecule has 1 heterocycles. The predicted molar refractivity (Wildman–Crippen MR) is 124 cm³/mol. The summed E-state index contributed by atoms with van der Waals surface area (Å²) < 4.78 is 5.40. The molecule has 2 amide bonds. The number of nitrogens with one attached hydrogen (secondary N) is 2. The van der Waals surface area contributed by atoms with Crippen LogP contribution in [0.1, 0.15) is 46.0 Å². The fourth-order valence-electron chi connectivity index (χ4n) is 4.63. The number of anilines is 2. The van der Waals surface area contributed by atoms with Crippen LogP contribution in [-0.4, -0.2) is 75.2 Å². The van der Waals surface area contributed by atoms with E-state index in [-0.39, 0.29) is 24.4 Å².